The average Bonchev–Trinajstić information content (AvgIpc) is 2.89. The zero-order valence-corrected chi connectivity index (χ0v) is 12.6. The zero-order chi connectivity index (χ0) is 16.4. The van der Waals surface area contributed by atoms with Gasteiger partial charge in [0, 0.05) is 5.69 Å². The number of hydrogen-bond acceptors (Lipinski definition) is 2. The Morgan fingerprint density at radius 3 is 2.65 bits per heavy atom. The minimum Gasteiger partial charge on any atom is -0.370 e. The molecule has 7 heteroatoms. The van der Waals surface area contributed by atoms with Crippen molar-refractivity contribution >= 4 is 28.6 Å². The Hall–Kier alpha value is -3.35. The number of hydrogen-bond donors (Lipinski definition) is 3. The molecule has 7 nitrogen and oxygen atoms in total. The number of nitrogens with two attached hydrogens (primary N) is 3. The highest BCUT2D eigenvalue weighted by molar-refractivity contribution is 5.94. The molecule has 0 bridgehead atoms. The van der Waals surface area contributed by atoms with Crippen LogP contribution in [0.3, 0.4) is 0 Å². The van der Waals surface area contributed by atoms with Crippen molar-refractivity contribution in [1.29, 1.82) is 0 Å². The molecule has 0 atom stereocenters. The Morgan fingerprint density at radius 1 is 1.09 bits per heavy atom. The normalized spacial score (nSPS) is 11.6. The SMILES string of the molecule is Cc1cccc(-n2cnc3cc(N=C(N)N=C(N)N)ccc32)c1. The van der Waals surface area contributed by atoms with E-state index in [1.165, 1.54) is 5.56 Å². The first-order valence-electron chi connectivity index (χ1n) is 7.01. The highest BCUT2D eigenvalue weighted by atomic mass is 15.1. The second kappa shape index (κ2) is 5.80. The fraction of sp³-hybridized carbons (Fsp3) is 0.0625. The second-order valence-corrected chi connectivity index (χ2v) is 5.13. The van der Waals surface area contributed by atoms with Crippen molar-refractivity contribution in [1.82, 2.24) is 9.55 Å². The predicted octanol–water partition coefficient (Wildman–Crippen LogP) is 1.55. The van der Waals surface area contributed by atoms with Gasteiger partial charge in [0.15, 0.2) is 5.96 Å². The molecule has 0 saturated heterocycles. The van der Waals surface area contributed by atoms with Crippen LogP contribution in [-0.2, 0) is 0 Å². The summed E-state index contributed by atoms with van der Waals surface area (Å²) in [7, 11) is 0. The summed E-state index contributed by atoms with van der Waals surface area (Å²) < 4.78 is 2.02. The number of imidazole rings is 1. The zero-order valence-electron chi connectivity index (χ0n) is 12.6. The first-order valence-corrected chi connectivity index (χ1v) is 7.01. The van der Waals surface area contributed by atoms with Gasteiger partial charge in [-0.1, -0.05) is 12.1 Å². The van der Waals surface area contributed by atoms with Crippen LogP contribution >= 0.6 is 0 Å². The van der Waals surface area contributed by atoms with E-state index in [1.54, 1.807) is 6.33 Å². The number of rotatable bonds is 2. The standard InChI is InChI=1S/C16H17N7/c1-10-3-2-4-12(7-10)23-9-20-13-8-11(5-6-14(13)23)21-16(19)22-15(17)18/h2-9H,1H3,(H6,17,18,19,21,22). The Kier molecular flexibility index (Phi) is 3.68. The van der Waals surface area contributed by atoms with E-state index < -0.39 is 0 Å². The minimum absolute atomic E-state index is 0.00228. The molecule has 0 aliphatic rings. The molecular weight excluding hydrogens is 290 g/mol. The molecule has 6 N–H and O–H groups in total. The van der Waals surface area contributed by atoms with Gasteiger partial charge in [-0.15, -0.1) is 0 Å². The van der Waals surface area contributed by atoms with Crippen LogP contribution in [0.4, 0.5) is 5.69 Å². The maximum absolute atomic E-state index is 5.64. The molecule has 23 heavy (non-hydrogen) atoms. The average molecular weight is 307 g/mol. The van der Waals surface area contributed by atoms with E-state index in [9.17, 15) is 0 Å². The topological polar surface area (TPSA) is 121 Å². The Balaban J connectivity index is 2.02. The van der Waals surface area contributed by atoms with E-state index in [4.69, 9.17) is 17.2 Å². The van der Waals surface area contributed by atoms with Crippen molar-refractivity contribution < 1.29 is 0 Å². The molecule has 116 valence electrons. The van der Waals surface area contributed by atoms with E-state index >= 15 is 0 Å². The van der Waals surface area contributed by atoms with Crippen LogP contribution in [0.5, 0.6) is 0 Å². The number of aliphatic imine (C=N–C) groups is 2. The molecule has 1 aromatic heterocycles. The third-order valence-electron chi connectivity index (χ3n) is 3.30. The van der Waals surface area contributed by atoms with Gasteiger partial charge in [-0.25, -0.2) is 9.98 Å². The molecule has 0 amide bonds. The monoisotopic (exact) mass is 307 g/mol. The summed E-state index contributed by atoms with van der Waals surface area (Å²) in [6.07, 6.45) is 1.78. The van der Waals surface area contributed by atoms with Gasteiger partial charge < -0.3 is 17.2 Å². The van der Waals surface area contributed by atoms with Crippen molar-refractivity contribution in [2.45, 2.75) is 6.92 Å². The molecule has 0 spiro atoms. The summed E-state index contributed by atoms with van der Waals surface area (Å²) in [4.78, 5) is 12.3. The van der Waals surface area contributed by atoms with E-state index in [-0.39, 0.29) is 11.9 Å². The maximum Gasteiger partial charge on any atom is 0.223 e. The van der Waals surface area contributed by atoms with Gasteiger partial charge in [0.25, 0.3) is 0 Å². The van der Waals surface area contributed by atoms with Crippen LogP contribution in [0, 0.1) is 6.92 Å². The molecule has 0 radical (unpaired) electrons. The highest BCUT2D eigenvalue weighted by Gasteiger charge is 2.06. The third-order valence-corrected chi connectivity index (χ3v) is 3.30. The van der Waals surface area contributed by atoms with Crippen LogP contribution in [-0.4, -0.2) is 21.5 Å². The summed E-state index contributed by atoms with van der Waals surface area (Å²) in [6.45, 7) is 2.06. The number of fused-ring (bicyclic) bond motifs is 1. The van der Waals surface area contributed by atoms with E-state index in [0.717, 1.165) is 16.7 Å². The number of guanidine groups is 2. The summed E-state index contributed by atoms with van der Waals surface area (Å²) in [5.74, 6) is -0.126. The summed E-state index contributed by atoms with van der Waals surface area (Å²) in [6, 6.07) is 13.8. The van der Waals surface area contributed by atoms with E-state index in [0.29, 0.717) is 5.69 Å². The van der Waals surface area contributed by atoms with Gasteiger partial charge in [-0.05, 0) is 42.8 Å². The molecule has 0 aliphatic heterocycles. The van der Waals surface area contributed by atoms with Crippen LogP contribution in [0.2, 0.25) is 0 Å². The first kappa shape index (κ1) is 14.6. The molecule has 2 aromatic carbocycles. The largest absolute Gasteiger partial charge is 0.370 e. The third kappa shape index (κ3) is 3.13. The molecule has 0 saturated carbocycles. The number of nitrogens with zero attached hydrogens (tertiary/aromatic N) is 4. The van der Waals surface area contributed by atoms with Gasteiger partial charge in [0.05, 0.1) is 16.7 Å². The lowest BCUT2D eigenvalue weighted by Gasteiger charge is -2.05. The highest BCUT2D eigenvalue weighted by Crippen LogP contribution is 2.23. The lowest BCUT2D eigenvalue weighted by molar-refractivity contribution is 1.09. The molecular formula is C16H17N7. The molecule has 0 fully saturated rings. The maximum atomic E-state index is 5.64. The summed E-state index contributed by atoms with van der Waals surface area (Å²) >= 11 is 0. The van der Waals surface area contributed by atoms with Gasteiger partial charge >= 0.3 is 0 Å². The number of aryl methyl sites for hydroxylation is 1. The van der Waals surface area contributed by atoms with Crippen molar-refractivity contribution in [3.05, 3.63) is 54.4 Å². The van der Waals surface area contributed by atoms with Crippen LogP contribution in [0.1, 0.15) is 5.56 Å². The Labute approximate surface area is 133 Å². The molecule has 0 unspecified atom stereocenters. The van der Waals surface area contributed by atoms with Crippen LogP contribution < -0.4 is 17.2 Å². The second-order valence-electron chi connectivity index (χ2n) is 5.13. The Bertz CT molecular complexity index is 917. The molecule has 3 aromatic rings. The quantitative estimate of drug-likeness (QED) is 0.491. The number of aromatic nitrogens is 2. The molecule has 0 aliphatic carbocycles. The van der Waals surface area contributed by atoms with Crippen molar-refractivity contribution in [3.63, 3.8) is 0 Å². The van der Waals surface area contributed by atoms with Crippen molar-refractivity contribution in [3.8, 4) is 5.69 Å². The number of benzene rings is 2. The van der Waals surface area contributed by atoms with Gasteiger partial charge in [-0.3, -0.25) is 4.57 Å². The van der Waals surface area contributed by atoms with Gasteiger partial charge in [-0.2, -0.15) is 4.99 Å². The van der Waals surface area contributed by atoms with Crippen LogP contribution in [0.25, 0.3) is 16.7 Å². The first-order chi connectivity index (χ1) is 11.0. The molecule has 3 rings (SSSR count). The van der Waals surface area contributed by atoms with Crippen molar-refractivity contribution in [2.75, 3.05) is 0 Å². The van der Waals surface area contributed by atoms with E-state index in [1.807, 2.05) is 34.9 Å². The summed E-state index contributed by atoms with van der Waals surface area (Å²) in [5.41, 5.74) is 20.9. The minimum atomic E-state index is -0.129. The fourth-order valence-corrected chi connectivity index (χ4v) is 2.34. The molecule has 1 heterocycles. The fourth-order valence-electron chi connectivity index (χ4n) is 2.34. The van der Waals surface area contributed by atoms with Crippen LogP contribution in [0.15, 0.2) is 58.8 Å². The Morgan fingerprint density at radius 2 is 1.91 bits per heavy atom. The van der Waals surface area contributed by atoms with E-state index in [2.05, 4.69) is 34.0 Å². The lowest BCUT2D eigenvalue weighted by Crippen LogP contribution is -2.26. The smallest absolute Gasteiger partial charge is 0.223 e. The summed E-state index contributed by atoms with van der Waals surface area (Å²) in [5, 5.41) is 0. The van der Waals surface area contributed by atoms with Gasteiger partial charge in [0.2, 0.25) is 5.96 Å². The van der Waals surface area contributed by atoms with Gasteiger partial charge in [0.1, 0.15) is 6.33 Å². The lowest BCUT2D eigenvalue weighted by atomic mass is 10.2. The van der Waals surface area contributed by atoms with Crippen molar-refractivity contribution in [2.24, 2.45) is 27.2 Å². The predicted molar refractivity (Wildman–Crippen MR) is 92.9 cm³/mol.